The van der Waals surface area contributed by atoms with Gasteiger partial charge in [-0.2, -0.15) is 0 Å². The van der Waals surface area contributed by atoms with Gasteiger partial charge >= 0.3 is 0 Å². The number of rotatable bonds is 5. The van der Waals surface area contributed by atoms with Crippen LogP contribution in [0.4, 0.5) is 0 Å². The third-order valence-corrected chi connectivity index (χ3v) is 3.49. The highest BCUT2D eigenvalue weighted by Gasteiger charge is 2.32. The fraction of sp³-hybridized carbons (Fsp3) is 0.412. The van der Waals surface area contributed by atoms with Crippen molar-refractivity contribution < 1.29 is 13.9 Å². The molecule has 0 saturated heterocycles. The smallest absolute Gasteiger partial charge is 0.165 e. The van der Waals surface area contributed by atoms with Gasteiger partial charge < -0.3 is 19.2 Å². The average Bonchev–Trinajstić information content (AvgIpc) is 2.99. The van der Waals surface area contributed by atoms with E-state index in [1.807, 2.05) is 31.3 Å². The topological polar surface area (TPSA) is 43.6 Å². The molecule has 21 heavy (non-hydrogen) atoms. The number of hydrogen-bond donors (Lipinski definition) is 1. The maximum absolute atomic E-state index is 5.99. The van der Waals surface area contributed by atoms with Crippen molar-refractivity contribution in [3.8, 4) is 11.5 Å². The first-order chi connectivity index (χ1) is 10.1. The number of fused-ring (bicyclic) bond motifs is 1. The molecule has 1 aliphatic heterocycles. The van der Waals surface area contributed by atoms with Crippen LogP contribution in [0.25, 0.3) is 0 Å². The summed E-state index contributed by atoms with van der Waals surface area (Å²) in [7, 11) is 1.89. The molecule has 0 fully saturated rings. The van der Waals surface area contributed by atoms with Crippen molar-refractivity contribution in [3.05, 3.63) is 47.4 Å². The Kier molecular flexibility index (Phi) is 3.64. The van der Waals surface area contributed by atoms with Gasteiger partial charge in [-0.05, 0) is 39.1 Å². The van der Waals surface area contributed by atoms with Crippen molar-refractivity contribution in [2.45, 2.75) is 39.0 Å². The minimum absolute atomic E-state index is 0.160. The summed E-state index contributed by atoms with van der Waals surface area (Å²) in [6, 6.07) is 9.95. The monoisotopic (exact) mass is 287 g/mol. The fourth-order valence-corrected chi connectivity index (χ4v) is 2.62. The Hall–Kier alpha value is -1.94. The van der Waals surface area contributed by atoms with Crippen LogP contribution in [0.2, 0.25) is 0 Å². The van der Waals surface area contributed by atoms with Gasteiger partial charge in [0.2, 0.25) is 0 Å². The first-order valence-corrected chi connectivity index (χ1v) is 7.23. The molecule has 1 N–H and O–H groups in total. The molecule has 3 rings (SSSR count). The fourth-order valence-electron chi connectivity index (χ4n) is 2.62. The van der Waals surface area contributed by atoms with Gasteiger partial charge in [-0.3, -0.25) is 0 Å². The second-order valence-corrected chi connectivity index (χ2v) is 5.97. The average molecular weight is 287 g/mol. The van der Waals surface area contributed by atoms with E-state index in [9.17, 15) is 0 Å². The molecule has 1 aliphatic rings. The predicted molar refractivity (Wildman–Crippen MR) is 80.7 cm³/mol. The molecule has 0 spiro atoms. The van der Waals surface area contributed by atoms with Crippen LogP contribution < -0.4 is 14.8 Å². The van der Waals surface area contributed by atoms with E-state index in [2.05, 4.69) is 25.2 Å². The summed E-state index contributed by atoms with van der Waals surface area (Å²) in [6.07, 6.45) is 0.909. The molecule has 4 heteroatoms. The zero-order valence-electron chi connectivity index (χ0n) is 12.7. The van der Waals surface area contributed by atoms with Crippen LogP contribution in [-0.4, -0.2) is 12.6 Å². The van der Waals surface area contributed by atoms with E-state index >= 15 is 0 Å². The minimum Gasteiger partial charge on any atom is -0.483 e. The highest BCUT2D eigenvalue weighted by atomic mass is 16.5. The lowest BCUT2D eigenvalue weighted by molar-refractivity contribution is 0.130. The lowest BCUT2D eigenvalue weighted by Gasteiger charge is -2.18. The van der Waals surface area contributed by atoms with Crippen LogP contribution >= 0.6 is 0 Å². The molecule has 0 bridgehead atoms. The zero-order chi connectivity index (χ0) is 14.9. The van der Waals surface area contributed by atoms with Gasteiger partial charge in [-0.15, -0.1) is 0 Å². The van der Waals surface area contributed by atoms with Gasteiger partial charge in [-0.1, -0.05) is 12.1 Å². The Bertz CT molecular complexity index is 631. The summed E-state index contributed by atoms with van der Waals surface area (Å²) in [4.78, 5) is 0. The molecular formula is C17H21NO3. The third kappa shape index (κ3) is 3.05. The van der Waals surface area contributed by atoms with Crippen LogP contribution in [0, 0.1) is 0 Å². The molecule has 1 aromatic carbocycles. The summed E-state index contributed by atoms with van der Waals surface area (Å²) >= 11 is 0. The number of ether oxygens (including phenoxy) is 2. The largest absolute Gasteiger partial charge is 0.483 e. The van der Waals surface area contributed by atoms with Gasteiger partial charge in [0.25, 0.3) is 0 Å². The molecule has 4 nitrogen and oxygen atoms in total. The lowest BCUT2D eigenvalue weighted by Crippen LogP contribution is -2.24. The quantitative estimate of drug-likeness (QED) is 0.916. The Morgan fingerprint density at radius 2 is 2.00 bits per heavy atom. The van der Waals surface area contributed by atoms with Crippen molar-refractivity contribution in [2.24, 2.45) is 0 Å². The van der Waals surface area contributed by atoms with Gasteiger partial charge in [0.05, 0.1) is 6.54 Å². The van der Waals surface area contributed by atoms with Crippen LogP contribution in [-0.2, 0) is 19.6 Å². The highest BCUT2D eigenvalue weighted by molar-refractivity contribution is 5.50. The second-order valence-electron chi connectivity index (χ2n) is 5.97. The zero-order valence-corrected chi connectivity index (χ0v) is 12.7. The summed E-state index contributed by atoms with van der Waals surface area (Å²) in [5.41, 5.74) is 1.04. The Morgan fingerprint density at radius 1 is 1.19 bits per heavy atom. The molecule has 0 aliphatic carbocycles. The van der Waals surface area contributed by atoms with Crippen LogP contribution in [0.3, 0.4) is 0 Å². The Morgan fingerprint density at radius 3 is 2.81 bits per heavy atom. The molecule has 112 valence electrons. The van der Waals surface area contributed by atoms with Crippen molar-refractivity contribution in [3.63, 3.8) is 0 Å². The van der Waals surface area contributed by atoms with Crippen molar-refractivity contribution >= 4 is 0 Å². The molecule has 0 atom stereocenters. The highest BCUT2D eigenvalue weighted by Crippen LogP contribution is 2.41. The van der Waals surface area contributed by atoms with Gasteiger partial charge in [0.15, 0.2) is 11.5 Å². The molecule has 2 aromatic rings. The van der Waals surface area contributed by atoms with E-state index in [1.54, 1.807) is 0 Å². The molecule has 0 radical (unpaired) electrons. The lowest BCUT2D eigenvalue weighted by atomic mass is 10.0. The first kappa shape index (κ1) is 14.0. The number of para-hydroxylation sites is 1. The molecule has 0 unspecified atom stereocenters. The van der Waals surface area contributed by atoms with Gasteiger partial charge in [0.1, 0.15) is 23.7 Å². The van der Waals surface area contributed by atoms with E-state index in [0.29, 0.717) is 6.61 Å². The molecular weight excluding hydrogens is 266 g/mol. The van der Waals surface area contributed by atoms with E-state index in [0.717, 1.165) is 36.0 Å². The first-order valence-electron chi connectivity index (χ1n) is 7.23. The molecule has 1 aromatic heterocycles. The van der Waals surface area contributed by atoms with Crippen LogP contribution in [0.5, 0.6) is 11.5 Å². The summed E-state index contributed by atoms with van der Waals surface area (Å²) in [5, 5.41) is 3.06. The van der Waals surface area contributed by atoms with Crippen molar-refractivity contribution in [1.82, 2.24) is 5.32 Å². The second kappa shape index (κ2) is 5.45. The normalized spacial score (nSPS) is 15.6. The minimum atomic E-state index is -0.160. The number of benzene rings is 1. The molecule has 0 amide bonds. The summed E-state index contributed by atoms with van der Waals surface area (Å²) in [6.45, 7) is 5.31. The molecule has 0 saturated carbocycles. The maximum Gasteiger partial charge on any atom is 0.165 e. The third-order valence-electron chi connectivity index (χ3n) is 3.49. The number of furan rings is 1. The predicted octanol–water partition coefficient (Wildman–Crippen LogP) is 3.29. The number of hydrogen-bond acceptors (Lipinski definition) is 4. The van der Waals surface area contributed by atoms with Crippen molar-refractivity contribution in [2.75, 3.05) is 7.05 Å². The van der Waals surface area contributed by atoms with Gasteiger partial charge in [0, 0.05) is 12.0 Å². The molecule has 2 heterocycles. The Labute approximate surface area is 125 Å². The van der Waals surface area contributed by atoms with E-state index < -0.39 is 0 Å². The number of nitrogens with one attached hydrogen (secondary N) is 1. The van der Waals surface area contributed by atoms with Gasteiger partial charge in [-0.25, -0.2) is 0 Å². The van der Waals surface area contributed by atoms with Crippen molar-refractivity contribution in [1.29, 1.82) is 0 Å². The summed E-state index contributed by atoms with van der Waals surface area (Å²) < 4.78 is 17.6. The van der Waals surface area contributed by atoms with E-state index in [1.165, 1.54) is 5.56 Å². The standard InChI is InChI=1S/C17H21NO3/c1-17(2)9-12-5-4-6-15(16(12)21-17)19-11-14-8-7-13(20-14)10-18-3/h4-8,18H,9-11H2,1-3H3. The summed E-state index contributed by atoms with van der Waals surface area (Å²) in [5.74, 6) is 3.37. The maximum atomic E-state index is 5.99. The van der Waals surface area contributed by atoms with Crippen LogP contribution in [0.1, 0.15) is 30.9 Å². The Balaban J connectivity index is 1.70. The van der Waals surface area contributed by atoms with E-state index in [4.69, 9.17) is 13.9 Å². The van der Waals surface area contributed by atoms with Crippen LogP contribution in [0.15, 0.2) is 34.7 Å². The van der Waals surface area contributed by atoms with E-state index in [-0.39, 0.29) is 5.60 Å². The SMILES string of the molecule is CNCc1ccc(COc2cccc3c2OC(C)(C)C3)o1.